The van der Waals surface area contributed by atoms with E-state index in [9.17, 15) is 9.18 Å². The number of hydrogen-bond donors (Lipinski definition) is 3. The van der Waals surface area contributed by atoms with Gasteiger partial charge < -0.3 is 16.0 Å². The fourth-order valence-electron chi connectivity index (χ4n) is 2.37. The van der Waals surface area contributed by atoms with Gasteiger partial charge in [-0.25, -0.2) is 9.18 Å². The average Bonchev–Trinajstić information content (AvgIpc) is 2.95. The van der Waals surface area contributed by atoms with Crippen molar-refractivity contribution in [1.82, 2.24) is 10.6 Å². The van der Waals surface area contributed by atoms with Crippen LogP contribution in [0.1, 0.15) is 16.7 Å². The summed E-state index contributed by atoms with van der Waals surface area (Å²) in [5.74, 6) is -0.448. The van der Waals surface area contributed by atoms with Gasteiger partial charge in [0.05, 0.1) is 5.69 Å². The molecule has 108 valence electrons. The summed E-state index contributed by atoms with van der Waals surface area (Å²) >= 11 is 0. The highest BCUT2D eigenvalue weighted by molar-refractivity contribution is 5.89. The molecule has 0 unspecified atom stereocenters. The van der Waals surface area contributed by atoms with E-state index in [1.165, 1.54) is 23.3 Å². The monoisotopic (exact) mass is 285 g/mol. The Labute approximate surface area is 122 Å². The number of amides is 2. The highest BCUT2D eigenvalue weighted by Crippen LogP contribution is 2.17. The van der Waals surface area contributed by atoms with Crippen molar-refractivity contribution in [3.05, 3.63) is 65.0 Å². The van der Waals surface area contributed by atoms with Crippen LogP contribution >= 0.6 is 0 Å². The molecule has 4 nitrogen and oxygen atoms in total. The highest BCUT2D eigenvalue weighted by Gasteiger charge is 2.10. The van der Waals surface area contributed by atoms with E-state index in [0.717, 1.165) is 18.7 Å². The predicted molar refractivity (Wildman–Crippen MR) is 79.2 cm³/mol. The molecule has 0 saturated carbocycles. The summed E-state index contributed by atoms with van der Waals surface area (Å²) in [5, 5.41) is 8.50. The number of fused-ring (bicyclic) bond motifs is 1. The van der Waals surface area contributed by atoms with Gasteiger partial charge in [-0.2, -0.15) is 0 Å². The highest BCUT2D eigenvalue weighted by atomic mass is 19.1. The van der Waals surface area contributed by atoms with Crippen molar-refractivity contribution in [1.29, 1.82) is 0 Å². The molecule has 1 aliphatic rings. The van der Waals surface area contributed by atoms with E-state index < -0.39 is 11.8 Å². The van der Waals surface area contributed by atoms with Gasteiger partial charge in [0.15, 0.2) is 0 Å². The molecule has 1 aliphatic heterocycles. The van der Waals surface area contributed by atoms with Gasteiger partial charge in [-0.3, -0.25) is 0 Å². The van der Waals surface area contributed by atoms with Crippen molar-refractivity contribution in [3.63, 3.8) is 0 Å². The van der Waals surface area contributed by atoms with Gasteiger partial charge >= 0.3 is 6.03 Å². The molecule has 0 saturated heterocycles. The third kappa shape index (κ3) is 3.20. The number of nitrogens with one attached hydrogen (secondary N) is 3. The van der Waals surface area contributed by atoms with Gasteiger partial charge in [0.1, 0.15) is 5.82 Å². The molecule has 0 fully saturated rings. The Morgan fingerprint density at radius 2 is 1.95 bits per heavy atom. The van der Waals surface area contributed by atoms with Crippen LogP contribution < -0.4 is 16.0 Å². The summed E-state index contributed by atoms with van der Waals surface area (Å²) in [6, 6.07) is 11.8. The summed E-state index contributed by atoms with van der Waals surface area (Å²) < 4.78 is 13.4. The van der Waals surface area contributed by atoms with Crippen LogP contribution in [0, 0.1) is 5.82 Å². The van der Waals surface area contributed by atoms with Gasteiger partial charge in [-0.05, 0) is 28.8 Å². The molecule has 21 heavy (non-hydrogen) atoms. The number of anilines is 1. The summed E-state index contributed by atoms with van der Waals surface area (Å²) in [5.41, 5.74) is 3.77. The van der Waals surface area contributed by atoms with Crippen LogP contribution in [0.2, 0.25) is 0 Å². The molecule has 0 aliphatic carbocycles. The van der Waals surface area contributed by atoms with Crippen molar-refractivity contribution in [2.24, 2.45) is 0 Å². The molecule has 2 aromatic carbocycles. The molecular weight excluding hydrogens is 269 g/mol. The van der Waals surface area contributed by atoms with E-state index in [1.807, 2.05) is 6.07 Å². The van der Waals surface area contributed by atoms with Crippen LogP contribution in [-0.4, -0.2) is 6.03 Å². The Morgan fingerprint density at radius 1 is 1.14 bits per heavy atom. The Balaban J connectivity index is 1.58. The van der Waals surface area contributed by atoms with Gasteiger partial charge in [0.2, 0.25) is 0 Å². The Hall–Kier alpha value is -2.40. The normalized spacial score (nSPS) is 12.8. The summed E-state index contributed by atoms with van der Waals surface area (Å²) in [6.45, 7) is 2.18. The van der Waals surface area contributed by atoms with Gasteiger partial charge in [-0.1, -0.05) is 30.3 Å². The van der Waals surface area contributed by atoms with Crippen LogP contribution in [0.4, 0.5) is 14.9 Å². The second-order valence-electron chi connectivity index (χ2n) is 4.99. The maximum Gasteiger partial charge on any atom is 0.319 e. The Morgan fingerprint density at radius 3 is 2.81 bits per heavy atom. The quantitative estimate of drug-likeness (QED) is 0.812. The maximum atomic E-state index is 13.4. The zero-order chi connectivity index (χ0) is 14.7. The van der Waals surface area contributed by atoms with Crippen LogP contribution in [0.25, 0.3) is 0 Å². The number of benzene rings is 2. The molecule has 3 rings (SSSR count). The third-order valence-corrected chi connectivity index (χ3v) is 3.48. The van der Waals surface area contributed by atoms with E-state index in [4.69, 9.17) is 0 Å². The van der Waals surface area contributed by atoms with Crippen molar-refractivity contribution in [3.8, 4) is 0 Å². The lowest BCUT2D eigenvalue weighted by atomic mass is 10.1. The number of hydrogen-bond acceptors (Lipinski definition) is 2. The minimum absolute atomic E-state index is 0.174. The first-order valence-corrected chi connectivity index (χ1v) is 6.83. The number of halogens is 1. The van der Waals surface area contributed by atoms with Gasteiger partial charge in [-0.15, -0.1) is 0 Å². The number of urea groups is 1. The predicted octanol–water partition coefficient (Wildman–Crippen LogP) is 2.75. The van der Waals surface area contributed by atoms with Crippen LogP contribution in [0.3, 0.4) is 0 Å². The largest absolute Gasteiger partial charge is 0.334 e. The van der Waals surface area contributed by atoms with Crippen LogP contribution in [-0.2, 0) is 19.6 Å². The SMILES string of the molecule is O=C(NCc1ccc2c(c1)CNC2)Nc1ccccc1F. The Kier molecular flexibility index (Phi) is 3.83. The molecule has 0 atom stereocenters. The third-order valence-electron chi connectivity index (χ3n) is 3.48. The first-order chi connectivity index (χ1) is 10.2. The zero-order valence-corrected chi connectivity index (χ0v) is 11.4. The maximum absolute atomic E-state index is 13.4. The lowest BCUT2D eigenvalue weighted by Gasteiger charge is -2.09. The second-order valence-corrected chi connectivity index (χ2v) is 4.99. The first-order valence-electron chi connectivity index (χ1n) is 6.83. The number of carbonyl (C=O) groups excluding carboxylic acids is 1. The van der Waals surface area contributed by atoms with Crippen LogP contribution in [0.5, 0.6) is 0 Å². The number of para-hydroxylation sites is 1. The van der Waals surface area contributed by atoms with E-state index in [2.05, 4.69) is 28.1 Å². The molecular formula is C16H16FN3O. The smallest absolute Gasteiger partial charge is 0.319 e. The van der Waals surface area contributed by atoms with Crippen molar-refractivity contribution >= 4 is 11.7 Å². The van der Waals surface area contributed by atoms with Crippen molar-refractivity contribution < 1.29 is 9.18 Å². The molecule has 2 amide bonds. The molecule has 0 spiro atoms. The molecule has 1 heterocycles. The molecule has 0 radical (unpaired) electrons. The summed E-state index contributed by atoms with van der Waals surface area (Å²) in [6.07, 6.45) is 0. The molecule has 0 aromatic heterocycles. The number of rotatable bonds is 3. The molecule has 2 aromatic rings. The molecule has 5 heteroatoms. The van der Waals surface area contributed by atoms with E-state index in [0.29, 0.717) is 6.54 Å². The van der Waals surface area contributed by atoms with Crippen molar-refractivity contribution in [2.45, 2.75) is 19.6 Å². The number of carbonyl (C=O) groups is 1. The lowest BCUT2D eigenvalue weighted by Crippen LogP contribution is -2.28. The average molecular weight is 285 g/mol. The minimum Gasteiger partial charge on any atom is -0.334 e. The van der Waals surface area contributed by atoms with Gasteiger partial charge in [0.25, 0.3) is 0 Å². The van der Waals surface area contributed by atoms with Gasteiger partial charge in [0, 0.05) is 19.6 Å². The summed E-state index contributed by atoms with van der Waals surface area (Å²) in [7, 11) is 0. The molecule has 3 N–H and O–H groups in total. The summed E-state index contributed by atoms with van der Waals surface area (Å²) in [4.78, 5) is 11.8. The zero-order valence-electron chi connectivity index (χ0n) is 11.4. The van der Waals surface area contributed by atoms with E-state index in [-0.39, 0.29) is 5.69 Å². The Bertz CT molecular complexity index is 672. The van der Waals surface area contributed by atoms with E-state index >= 15 is 0 Å². The fourth-order valence-corrected chi connectivity index (χ4v) is 2.37. The molecule has 0 bridgehead atoms. The van der Waals surface area contributed by atoms with E-state index in [1.54, 1.807) is 12.1 Å². The second kappa shape index (κ2) is 5.93. The standard InChI is InChI=1S/C16H16FN3O/c17-14-3-1-2-4-15(14)20-16(21)19-8-11-5-6-12-9-18-10-13(12)7-11/h1-7,18H,8-10H2,(H2,19,20,21). The van der Waals surface area contributed by atoms with Crippen molar-refractivity contribution in [2.75, 3.05) is 5.32 Å². The minimum atomic E-state index is -0.448. The first kappa shape index (κ1) is 13.6. The fraction of sp³-hybridized carbons (Fsp3) is 0.188. The topological polar surface area (TPSA) is 53.2 Å². The lowest BCUT2D eigenvalue weighted by molar-refractivity contribution is 0.251. The van der Waals surface area contributed by atoms with Crippen LogP contribution in [0.15, 0.2) is 42.5 Å².